The summed E-state index contributed by atoms with van der Waals surface area (Å²) in [6.45, 7) is 17.9. The average molecular weight is 1030 g/mol. The van der Waals surface area contributed by atoms with Gasteiger partial charge < -0.3 is 34.7 Å². The molecule has 16 nitrogen and oxygen atoms in total. The highest BCUT2D eigenvalue weighted by molar-refractivity contribution is 7.92. The van der Waals surface area contributed by atoms with Crippen molar-refractivity contribution in [2.45, 2.75) is 115 Å². The van der Waals surface area contributed by atoms with Crippen molar-refractivity contribution < 1.29 is 36.3 Å². The molecule has 0 radical (unpaired) electrons. The number of piperazine rings is 1. The van der Waals surface area contributed by atoms with E-state index in [0.29, 0.717) is 97.5 Å². The Bertz CT molecular complexity index is 3190. The molecule has 3 atom stereocenters. The number of sulfone groups is 1. The molecule has 0 saturated carbocycles. The second-order valence-electron chi connectivity index (χ2n) is 20.9. The van der Waals surface area contributed by atoms with E-state index in [1.807, 2.05) is 24.0 Å². The van der Waals surface area contributed by atoms with Crippen molar-refractivity contribution in [3.05, 3.63) is 112 Å². The van der Waals surface area contributed by atoms with Crippen LogP contribution in [0, 0.1) is 5.41 Å². The fourth-order valence-electron chi connectivity index (χ4n) is 11.3. The normalized spacial score (nSPS) is 20.3. The maximum absolute atomic E-state index is 14.3. The van der Waals surface area contributed by atoms with Crippen LogP contribution in [0.2, 0.25) is 0 Å². The zero-order valence-electron chi connectivity index (χ0n) is 42.3. The molecule has 3 N–H and O–H groups in total. The van der Waals surface area contributed by atoms with Gasteiger partial charge >= 0.3 is 6.18 Å². The summed E-state index contributed by atoms with van der Waals surface area (Å²) in [7, 11) is -2.57. The summed E-state index contributed by atoms with van der Waals surface area (Å²) in [6, 6.07) is 12.6. The van der Waals surface area contributed by atoms with E-state index in [0.717, 1.165) is 30.7 Å². The van der Waals surface area contributed by atoms with Gasteiger partial charge in [0.25, 0.3) is 11.5 Å². The molecule has 73 heavy (non-hydrogen) atoms. The van der Waals surface area contributed by atoms with Crippen LogP contribution in [0.25, 0.3) is 11.3 Å². The number of hydrogen-bond donors (Lipinski definition) is 3. The molecule has 2 amide bonds. The number of aliphatic hydroxyl groups is 1. The Hall–Kier alpha value is -6.51. The molecule has 2 saturated heterocycles. The van der Waals surface area contributed by atoms with E-state index in [1.54, 1.807) is 42.5 Å². The summed E-state index contributed by atoms with van der Waals surface area (Å²) in [6.07, 6.45) is 2.64. The number of nitrogens with zero attached hydrogens (tertiary/aromatic N) is 8. The molecular weight excluding hydrogens is 962 g/mol. The number of hydrogen-bond acceptors (Lipinski definition) is 12. The van der Waals surface area contributed by atoms with Crippen LogP contribution in [0.15, 0.2) is 83.3 Å². The zero-order valence-corrected chi connectivity index (χ0v) is 43.1. The summed E-state index contributed by atoms with van der Waals surface area (Å²) in [5.74, 6) is -0.319. The lowest BCUT2D eigenvalue weighted by atomic mass is 9.90. The number of anilines is 6. The summed E-state index contributed by atoms with van der Waals surface area (Å²) in [4.78, 5) is 57.4. The van der Waals surface area contributed by atoms with Gasteiger partial charge in [-0.2, -0.15) is 13.2 Å². The number of benzene rings is 2. The van der Waals surface area contributed by atoms with Crippen LogP contribution in [-0.2, 0) is 53.8 Å². The van der Waals surface area contributed by atoms with Crippen molar-refractivity contribution in [3.63, 3.8) is 0 Å². The Morgan fingerprint density at radius 3 is 2.44 bits per heavy atom. The number of aliphatic hydroxyl groups excluding tert-OH is 1. The van der Waals surface area contributed by atoms with Crippen LogP contribution in [0.3, 0.4) is 0 Å². The van der Waals surface area contributed by atoms with Gasteiger partial charge in [-0.05, 0) is 119 Å². The quantitative estimate of drug-likeness (QED) is 0.105. The minimum atomic E-state index is -4.85. The van der Waals surface area contributed by atoms with E-state index in [-0.39, 0.29) is 35.3 Å². The molecule has 3 aromatic heterocycles. The number of fused-ring (bicyclic) bond motifs is 3. The minimum Gasteiger partial charge on any atom is -0.392 e. The van der Waals surface area contributed by atoms with E-state index in [1.165, 1.54) is 41.8 Å². The molecular formula is C53H63F3N10O6S. The number of aromatic nitrogens is 4. The first kappa shape index (κ1) is 51.4. The molecule has 2 fully saturated rings. The molecule has 6 heterocycles. The maximum Gasteiger partial charge on any atom is 0.417 e. The fraction of sp³-hybridized carbons (Fsp3) is 0.453. The first-order valence-electron chi connectivity index (χ1n) is 24.8. The van der Waals surface area contributed by atoms with Crippen LogP contribution in [0.1, 0.15) is 87.3 Å². The number of rotatable bonds is 12. The Morgan fingerprint density at radius 2 is 1.75 bits per heavy atom. The Morgan fingerprint density at radius 1 is 0.986 bits per heavy atom. The van der Waals surface area contributed by atoms with Crippen LogP contribution < -0.4 is 30.9 Å². The van der Waals surface area contributed by atoms with Crippen molar-refractivity contribution in [1.29, 1.82) is 0 Å². The molecule has 0 bridgehead atoms. The van der Waals surface area contributed by atoms with E-state index < -0.39 is 49.8 Å². The largest absolute Gasteiger partial charge is 0.417 e. The second kappa shape index (κ2) is 19.4. The first-order chi connectivity index (χ1) is 34.5. The molecule has 1 unspecified atom stereocenters. The minimum absolute atomic E-state index is 0.0144. The number of amides is 2. The van der Waals surface area contributed by atoms with Gasteiger partial charge in [0.2, 0.25) is 5.91 Å². The number of halogens is 3. The van der Waals surface area contributed by atoms with Gasteiger partial charge in [-0.25, -0.2) is 18.4 Å². The Kier molecular flexibility index (Phi) is 13.7. The topological polar surface area (TPSA) is 178 Å². The van der Waals surface area contributed by atoms with Crippen LogP contribution in [0.5, 0.6) is 0 Å². The third-order valence-electron chi connectivity index (χ3n) is 15.0. The van der Waals surface area contributed by atoms with E-state index in [2.05, 4.69) is 57.3 Å². The number of carbonyl (C=O) groups is 2. The highest BCUT2D eigenvalue weighted by Gasteiger charge is 2.41. The smallest absolute Gasteiger partial charge is 0.392 e. The fourth-order valence-corrected chi connectivity index (χ4v) is 12.5. The number of pyridine rings is 1. The monoisotopic (exact) mass is 1020 g/mol. The number of aryl methyl sites for hydroxylation is 1. The van der Waals surface area contributed by atoms with Gasteiger partial charge in [-0.15, -0.1) is 0 Å². The van der Waals surface area contributed by atoms with Crippen molar-refractivity contribution in [2.24, 2.45) is 12.5 Å². The van der Waals surface area contributed by atoms with Gasteiger partial charge in [0.15, 0.2) is 15.7 Å². The van der Waals surface area contributed by atoms with Crippen molar-refractivity contribution in [2.75, 3.05) is 58.1 Å². The summed E-state index contributed by atoms with van der Waals surface area (Å²) < 4.78 is 72.1. The molecule has 9 rings (SSSR count). The van der Waals surface area contributed by atoms with Crippen LogP contribution in [0.4, 0.5) is 47.6 Å². The molecule has 3 aliphatic heterocycles. The van der Waals surface area contributed by atoms with Crippen molar-refractivity contribution in [3.8, 4) is 11.3 Å². The van der Waals surface area contributed by atoms with Gasteiger partial charge in [0.1, 0.15) is 11.5 Å². The predicted molar refractivity (Wildman–Crippen MR) is 276 cm³/mol. The van der Waals surface area contributed by atoms with Crippen molar-refractivity contribution >= 4 is 56.0 Å². The zero-order chi connectivity index (χ0) is 52.5. The maximum atomic E-state index is 14.3. The number of piperidine rings is 1. The lowest BCUT2D eigenvalue weighted by Crippen LogP contribution is -2.58. The molecule has 4 aliphatic rings. The first-order valence-corrected chi connectivity index (χ1v) is 26.3. The summed E-state index contributed by atoms with van der Waals surface area (Å²) in [5, 5.41) is 16.0. The standard InChI is InChI=1S/C53H63F3N10O6S/c1-9-47(68)59-41-24-35(10-12-43(41)64-19-18-62(28-33(64)5)36-15-17-63(32(4)22-36)37-11-13-46(73(71,72)31(2)3)40(25-37)53(54,55)56)58-48-51(70)61(8)29-42(60-48)38-14-16-57-49(39(38)30-67)66-21-20-65-44(50(66)69)23-34-26-52(6,7)27-45(34)65/h9-14,16,23-25,29,31-33,36,67H,1,15,17-22,26-28,30H2,2-8H3,(H,58,60)(H,59,68)/t32-,33-,36?/m0/s1. The number of alkyl halides is 3. The van der Waals surface area contributed by atoms with E-state index in [9.17, 15) is 41.1 Å². The number of carbonyl (C=O) groups excluding carboxylic acids is 2. The van der Waals surface area contributed by atoms with E-state index >= 15 is 0 Å². The molecule has 1 aliphatic carbocycles. The van der Waals surface area contributed by atoms with Gasteiger partial charge in [0.05, 0.1) is 39.4 Å². The summed E-state index contributed by atoms with van der Waals surface area (Å²) >= 11 is 0. The second-order valence-corrected chi connectivity index (χ2v) is 23.4. The third-order valence-corrected chi connectivity index (χ3v) is 17.2. The van der Waals surface area contributed by atoms with E-state index in [4.69, 9.17) is 4.98 Å². The highest BCUT2D eigenvalue weighted by atomic mass is 32.2. The highest BCUT2D eigenvalue weighted by Crippen LogP contribution is 2.42. The number of nitrogens with one attached hydrogen (secondary N) is 2. The molecule has 20 heteroatoms. The molecule has 5 aromatic rings. The van der Waals surface area contributed by atoms with Crippen LogP contribution in [-0.4, -0.2) is 105 Å². The van der Waals surface area contributed by atoms with Crippen molar-refractivity contribution in [1.82, 2.24) is 24.0 Å². The molecule has 388 valence electrons. The van der Waals surface area contributed by atoms with Gasteiger partial charge in [-0.1, -0.05) is 20.4 Å². The molecule has 0 spiro atoms. The Labute approximate surface area is 423 Å². The van der Waals surface area contributed by atoms with Gasteiger partial charge in [0, 0.05) is 105 Å². The lowest BCUT2D eigenvalue weighted by molar-refractivity contribution is -0.139. The SMILES string of the molecule is C=CC(=O)Nc1cc(Nc2nc(-c3ccnc(N4CCn5c(cc6c5CC(C)(C)C6)C4=O)c3CO)cn(C)c2=O)ccc1N1CCN(C2CCN(c3ccc(S(=O)(=O)C(C)C)c(C(F)(F)F)c3)[C@@H](C)C2)C[C@@H]1C. The lowest BCUT2D eigenvalue weighted by Gasteiger charge is -2.48. The summed E-state index contributed by atoms with van der Waals surface area (Å²) in [5.41, 5.74) is 4.83. The van der Waals surface area contributed by atoms with Crippen LogP contribution >= 0.6 is 0 Å². The average Bonchev–Trinajstić information content (AvgIpc) is 3.84. The molecule has 2 aromatic carbocycles. The predicted octanol–water partition coefficient (Wildman–Crippen LogP) is 7.56. The van der Waals surface area contributed by atoms with Gasteiger partial charge in [-0.3, -0.25) is 24.2 Å². The Balaban J connectivity index is 0.912. The third kappa shape index (κ3) is 9.76.